The lowest BCUT2D eigenvalue weighted by atomic mass is 10.0. The first kappa shape index (κ1) is 14.8. The molecule has 0 spiro atoms. The molecule has 5 heteroatoms. The maximum atomic E-state index is 9.36. The van der Waals surface area contributed by atoms with Crippen LogP contribution in [0.15, 0.2) is 18.3 Å². The van der Waals surface area contributed by atoms with Gasteiger partial charge in [0.2, 0.25) is 0 Å². The number of anilines is 1. The minimum absolute atomic E-state index is 0.263. The second-order valence-electron chi connectivity index (χ2n) is 5.19. The molecule has 2 rings (SSSR count). The van der Waals surface area contributed by atoms with E-state index in [0.717, 1.165) is 38.3 Å². The fraction of sp³-hybridized carbons (Fsp3) is 0.600. The molecular weight excluding hydrogens is 252 g/mol. The highest BCUT2D eigenvalue weighted by atomic mass is 16.3. The van der Waals surface area contributed by atoms with Gasteiger partial charge in [0.25, 0.3) is 0 Å². The molecule has 0 unspecified atom stereocenters. The van der Waals surface area contributed by atoms with Crippen LogP contribution in [0.4, 0.5) is 5.82 Å². The molecule has 0 amide bonds. The molecule has 20 heavy (non-hydrogen) atoms. The van der Waals surface area contributed by atoms with Crippen molar-refractivity contribution < 1.29 is 5.11 Å². The molecule has 0 bridgehead atoms. The van der Waals surface area contributed by atoms with E-state index in [9.17, 15) is 5.11 Å². The number of aliphatic hydroxyl groups excluding tert-OH is 1. The lowest BCUT2D eigenvalue weighted by Gasteiger charge is -2.34. The van der Waals surface area contributed by atoms with E-state index >= 15 is 0 Å². The Bertz CT molecular complexity index is 457. The number of rotatable bonds is 6. The van der Waals surface area contributed by atoms with Crippen molar-refractivity contribution in [1.29, 1.82) is 5.26 Å². The summed E-state index contributed by atoms with van der Waals surface area (Å²) in [4.78, 5) is 6.57. The standard InChI is InChI=1S/C15H22N4O/c16-11-13-5-7-18-15(10-13)17-6-3-9-19-8-2-1-4-14(19)12-20/h5,7,10,14,20H,1-4,6,8-9,12H2,(H,17,18)/t14-/m1/s1. The Labute approximate surface area is 120 Å². The van der Waals surface area contributed by atoms with Crippen LogP contribution in [0.5, 0.6) is 0 Å². The number of nitrogens with zero attached hydrogens (tertiary/aromatic N) is 3. The zero-order valence-electron chi connectivity index (χ0n) is 11.8. The van der Waals surface area contributed by atoms with Gasteiger partial charge in [0.05, 0.1) is 18.2 Å². The van der Waals surface area contributed by atoms with Crippen molar-refractivity contribution in [2.45, 2.75) is 31.7 Å². The van der Waals surface area contributed by atoms with Crippen LogP contribution in [-0.4, -0.2) is 47.3 Å². The molecule has 1 aromatic rings. The molecule has 1 saturated heterocycles. The van der Waals surface area contributed by atoms with Gasteiger partial charge in [-0.2, -0.15) is 5.26 Å². The van der Waals surface area contributed by atoms with Crippen LogP contribution >= 0.6 is 0 Å². The maximum absolute atomic E-state index is 9.36. The first-order chi connectivity index (χ1) is 9.83. The fourth-order valence-corrected chi connectivity index (χ4v) is 2.66. The van der Waals surface area contributed by atoms with Crippen molar-refractivity contribution in [3.63, 3.8) is 0 Å². The Morgan fingerprint density at radius 1 is 1.50 bits per heavy atom. The van der Waals surface area contributed by atoms with Crippen molar-refractivity contribution >= 4 is 5.82 Å². The Morgan fingerprint density at radius 3 is 3.20 bits per heavy atom. The first-order valence-corrected chi connectivity index (χ1v) is 7.28. The average molecular weight is 274 g/mol. The van der Waals surface area contributed by atoms with E-state index in [1.165, 1.54) is 12.8 Å². The lowest BCUT2D eigenvalue weighted by molar-refractivity contribution is 0.0901. The van der Waals surface area contributed by atoms with E-state index in [2.05, 4.69) is 21.3 Å². The maximum Gasteiger partial charge on any atom is 0.127 e. The van der Waals surface area contributed by atoms with Gasteiger partial charge in [-0.15, -0.1) is 0 Å². The van der Waals surface area contributed by atoms with Gasteiger partial charge in [-0.25, -0.2) is 4.98 Å². The van der Waals surface area contributed by atoms with Crippen LogP contribution in [0.2, 0.25) is 0 Å². The summed E-state index contributed by atoms with van der Waals surface area (Å²) >= 11 is 0. The van der Waals surface area contributed by atoms with Crippen LogP contribution in [0.1, 0.15) is 31.2 Å². The van der Waals surface area contributed by atoms with E-state index in [0.29, 0.717) is 11.6 Å². The highest BCUT2D eigenvalue weighted by molar-refractivity contribution is 5.42. The quantitative estimate of drug-likeness (QED) is 0.771. The van der Waals surface area contributed by atoms with Gasteiger partial charge in [0, 0.05) is 25.3 Å². The third-order valence-electron chi connectivity index (χ3n) is 3.78. The van der Waals surface area contributed by atoms with Crippen molar-refractivity contribution in [1.82, 2.24) is 9.88 Å². The molecule has 0 radical (unpaired) electrons. The second-order valence-corrected chi connectivity index (χ2v) is 5.19. The molecular formula is C15H22N4O. The van der Waals surface area contributed by atoms with Crippen LogP contribution in [0.3, 0.4) is 0 Å². The van der Waals surface area contributed by atoms with E-state index < -0.39 is 0 Å². The smallest absolute Gasteiger partial charge is 0.127 e. The Balaban J connectivity index is 1.71. The molecule has 1 aliphatic heterocycles. The molecule has 2 heterocycles. The zero-order valence-corrected chi connectivity index (χ0v) is 11.8. The molecule has 0 aromatic carbocycles. The normalized spacial score (nSPS) is 19.5. The van der Waals surface area contributed by atoms with Crippen molar-refractivity contribution in [3.05, 3.63) is 23.9 Å². The number of pyridine rings is 1. The molecule has 1 atom stereocenters. The van der Waals surface area contributed by atoms with Gasteiger partial charge in [0.15, 0.2) is 0 Å². The van der Waals surface area contributed by atoms with Gasteiger partial charge in [-0.1, -0.05) is 6.42 Å². The largest absolute Gasteiger partial charge is 0.395 e. The first-order valence-electron chi connectivity index (χ1n) is 7.28. The van der Waals surface area contributed by atoms with Crippen LogP contribution in [0, 0.1) is 11.3 Å². The summed E-state index contributed by atoms with van der Waals surface area (Å²) in [5.74, 6) is 0.751. The molecule has 0 aliphatic carbocycles. The van der Waals surface area contributed by atoms with Gasteiger partial charge in [0.1, 0.15) is 5.82 Å². The Morgan fingerprint density at radius 2 is 2.40 bits per heavy atom. The van der Waals surface area contributed by atoms with Gasteiger partial charge < -0.3 is 10.4 Å². The van der Waals surface area contributed by atoms with Crippen molar-refractivity contribution in [2.75, 3.05) is 31.6 Å². The Hall–Kier alpha value is -1.64. The zero-order chi connectivity index (χ0) is 14.2. The van der Waals surface area contributed by atoms with Crippen molar-refractivity contribution in [2.24, 2.45) is 0 Å². The van der Waals surface area contributed by atoms with Gasteiger partial charge in [-0.05, 0) is 37.9 Å². The molecule has 1 aliphatic rings. The summed E-state index contributed by atoms with van der Waals surface area (Å²) in [5.41, 5.74) is 0.624. The molecule has 1 fully saturated rings. The predicted octanol–water partition coefficient (Wildman–Crippen LogP) is 1.60. The minimum Gasteiger partial charge on any atom is -0.395 e. The van der Waals surface area contributed by atoms with Crippen LogP contribution in [0.25, 0.3) is 0 Å². The van der Waals surface area contributed by atoms with Gasteiger partial charge in [-0.3, -0.25) is 4.90 Å². The number of aliphatic hydroxyl groups is 1. The van der Waals surface area contributed by atoms with Crippen LogP contribution < -0.4 is 5.32 Å². The Kier molecular flexibility index (Phi) is 5.78. The summed E-state index contributed by atoms with van der Waals surface area (Å²) < 4.78 is 0. The molecule has 108 valence electrons. The second kappa shape index (κ2) is 7.83. The number of aromatic nitrogens is 1. The highest BCUT2D eigenvalue weighted by Crippen LogP contribution is 2.16. The third-order valence-corrected chi connectivity index (χ3v) is 3.78. The average Bonchev–Trinajstić information content (AvgIpc) is 2.52. The molecule has 2 N–H and O–H groups in total. The fourth-order valence-electron chi connectivity index (χ4n) is 2.66. The monoisotopic (exact) mass is 274 g/mol. The SMILES string of the molecule is N#Cc1ccnc(NCCCN2CCCC[C@@H]2CO)c1. The topological polar surface area (TPSA) is 72.2 Å². The lowest BCUT2D eigenvalue weighted by Crippen LogP contribution is -2.42. The summed E-state index contributed by atoms with van der Waals surface area (Å²) in [6.07, 6.45) is 6.22. The van der Waals surface area contributed by atoms with Crippen LogP contribution in [-0.2, 0) is 0 Å². The van der Waals surface area contributed by atoms with Crippen molar-refractivity contribution in [3.8, 4) is 6.07 Å². The minimum atomic E-state index is 0.263. The van der Waals surface area contributed by atoms with E-state index in [1.807, 2.05) is 0 Å². The summed E-state index contributed by atoms with van der Waals surface area (Å²) in [6, 6.07) is 5.90. The third kappa shape index (κ3) is 4.19. The van der Waals surface area contributed by atoms with E-state index in [4.69, 9.17) is 5.26 Å². The summed E-state index contributed by atoms with van der Waals surface area (Å²) in [7, 11) is 0. The highest BCUT2D eigenvalue weighted by Gasteiger charge is 2.20. The van der Waals surface area contributed by atoms with Gasteiger partial charge >= 0.3 is 0 Å². The number of nitrogens with one attached hydrogen (secondary N) is 1. The number of nitriles is 1. The number of piperidine rings is 1. The summed E-state index contributed by atoms with van der Waals surface area (Å²) in [6.45, 7) is 3.18. The number of hydrogen-bond donors (Lipinski definition) is 2. The molecule has 0 saturated carbocycles. The molecule has 5 nitrogen and oxygen atoms in total. The number of likely N-dealkylation sites (tertiary alicyclic amines) is 1. The molecule has 1 aromatic heterocycles. The van der Waals surface area contributed by atoms with E-state index in [-0.39, 0.29) is 6.61 Å². The predicted molar refractivity (Wildman–Crippen MR) is 78.4 cm³/mol. The number of hydrogen-bond acceptors (Lipinski definition) is 5. The van der Waals surface area contributed by atoms with E-state index in [1.54, 1.807) is 18.3 Å². The summed E-state index contributed by atoms with van der Waals surface area (Å²) in [5, 5.41) is 21.4.